The van der Waals surface area contributed by atoms with Crippen LogP contribution in [0.3, 0.4) is 0 Å². The maximum absolute atomic E-state index is 12.0. The van der Waals surface area contributed by atoms with Gasteiger partial charge in [0.1, 0.15) is 5.82 Å². The van der Waals surface area contributed by atoms with Crippen molar-refractivity contribution in [2.45, 2.75) is 39.8 Å². The summed E-state index contributed by atoms with van der Waals surface area (Å²) in [5, 5.41) is 3.03. The van der Waals surface area contributed by atoms with E-state index in [0.29, 0.717) is 6.54 Å². The monoisotopic (exact) mass is 343 g/mol. The molecule has 0 atom stereocenters. The van der Waals surface area contributed by atoms with E-state index in [-0.39, 0.29) is 11.4 Å². The molecule has 1 saturated heterocycles. The Hall–Kier alpha value is -1.92. The largest absolute Gasteiger partial charge is 0.350 e. The van der Waals surface area contributed by atoms with Crippen LogP contribution in [0.15, 0.2) is 18.2 Å². The van der Waals surface area contributed by atoms with E-state index < -0.39 is 0 Å². The zero-order valence-corrected chi connectivity index (χ0v) is 15.7. The number of benzene rings is 1. The van der Waals surface area contributed by atoms with Crippen molar-refractivity contribution in [2.24, 2.45) is 0 Å². The second-order valence-electron chi connectivity index (χ2n) is 8.01. The lowest BCUT2D eigenvalue weighted by atomic mass is 10.1. The number of rotatable bonds is 4. The number of amides is 1. The Kier molecular flexibility index (Phi) is 5.11. The first-order valence-corrected chi connectivity index (χ1v) is 9.00. The minimum Gasteiger partial charge on any atom is -0.350 e. The fourth-order valence-electron chi connectivity index (χ4n) is 3.28. The van der Waals surface area contributed by atoms with Crippen LogP contribution in [0.25, 0.3) is 11.0 Å². The summed E-state index contributed by atoms with van der Waals surface area (Å²) in [6.07, 6.45) is 0. The lowest BCUT2D eigenvalue weighted by Crippen LogP contribution is -2.51. The Morgan fingerprint density at radius 1 is 1.20 bits per heavy atom. The number of aromatic amines is 1. The first-order valence-electron chi connectivity index (χ1n) is 9.00. The molecule has 1 aromatic heterocycles. The average molecular weight is 343 g/mol. The summed E-state index contributed by atoms with van der Waals surface area (Å²) in [6, 6.07) is 6.22. The number of hydrogen-bond acceptors (Lipinski definition) is 4. The van der Waals surface area contributed by atoms with Gasteiger partial charge in [-0.05, 0) is 39.3 Å². The number of nitrogens with zero attached hydrogens (tertiary/aromatic N) is 3. The minimum absolute atomic E-state index is 0.105. The number of carbonyl (C=O) groups is 1. The molecule has 0 radical (unpaired) electrons. The lowest BCUT2D eigenvalue weighted by Gasteiger charge is -2.34. The summed E-state index contributed by atoms with van der Waals surface area (Å²) in [5.74, 6) is 1.12. The van der Waals surface area contributed by atoms with Crippen LogP contribution in [0.1, 0.15) is 32.2 Å². The normalized spacial score (nSPS) is 17.1. The molecule has 0 unspecified atom stereocenters. The van der Waals surface area contributed by atoms with Crippen molar-refractivity contribution in [3.8, 4) is 0 Å². The number of aryl methyl sites for hydroxylation is 1. The van der Waals surface area contributed by atoms with Gasteiger partial charge in [0.25, 0.3) is 0 Å². The van der Waals surface area contributed by atoms with Gasteiger partial charge in [-0.1, -0.05) is 12.1 Å². The van der Waals surface area contributed by atoms with Gasteiger partial charge in [-0.25, -0.2) is 4.98 Å². The molecule has 2 heterocycles. The molecule has 1 aliphatic heterocycles. The molecule has 6 nitrogen and oxygen atoms in total. The van der Waals surface area contributed by atoms with Crippen molar-refractivity contribution >= 4 is 16.9 Å². The number of nitrogens with one attached hydrogen (secondary N) is 2. The third kappa shape index (κ3) is 4.80. The molecule has 25 heavy (non-hydrogen) atoms. The molecule has 1 fully saturated rings. The second-order valence-corrected chi connectivity index (χ2v) is 8.01. The Bertz CT molecular complexity index is 738. The van der Waals surface area contributed by atoms with Gasteiger partial charge in [-0.3, -0.25) is 14.6 Å². The van der Waals surface area contributed by atoms with Crippen molar-refractivity contribution in [2.75, 3.05) is 32.7 Å². The van der Waals surface area contributed by atoms with Crippen LogP contribution < -0.4 is 5.32 Å². The summed E-state index contributed by atoms with van der Waals surface area (Å²) < 4.78 is 0. The summed E-state index contributed by atoms with van der Waals surface area (Å²) in [5.41, 5.74) is 3.20. The molecule has 0 aliphatic carbocycles. The highest BCUT2D eigenvalue weighted by atomic mass is 16.2. The van der Waals surface area contributed by atoms with Crippen LogP contribution in [-0.2, 0) is 11.3 Å². The van der Waals surface area contributed by atoms with Crippen LogP contribution in [0, 0.1) is 6.92 Å². The van der Waals surface area contributed by atoms with Crippen molar-refractivity contribution < 1.29 is 4.79 Å². The number of hydrogen-bond donors (Lipinski definition) is 2. The Morgan fingerprint density at radius 2 is 1.88 bits per heavy atom. The highest BCUT2D eigenvalue weighted by Gasteiger charge is 2.21. The van der Waals surface area contributed by atoms with Gasteiger partial charge in [0.15, 0.2) is 0 Å². The fraction of sp³-hybridized carbons (Fsp3) is 0.579. The fourth-order valence-corrected chi connectivity index (χ4v) is 3.28. The highest BCUT2D eigenvalue weighted by Crippen LogP contribution is 2.16. The van der Waals surface area contributed by atoms with E-state index >= 15 is 0 Å². The first-order chi connectivity index (χ1) is 11.8. The molecular formula is C19H29N5O. The van der Waals surface area contributed by atoms with Crippen LogP contribution in [0.4, 0.5) is 0 Å². The zero-order chi connectivity index (χ0) is 18.0. The lowest BCUT2D eigenvalue weighted by molar-refractivity contribution is -0.124. The van der Waals surface area contributed by atoms with Crippen molar-refractivity contribution in [1.29, 1.82) is 0 Å². The predicted molar refractivity (Wildman–Crippen MR) is 100 cm³/mol. The third-order valence-corrected chi connectivity index (χ3v) is 4.48. The van der Waals surface area contributed by atoms with Crippen LogP contribution in [0.2, 0.25) is 0 Å². The van der Waals surface area contributed by atoms with Crippen LogP contribution in [0.5, 0.6) is 0 Å². The predicted octanol–water partition coefficient (Wildman–Crippen LogP) is 1.90. The van der Waals surface area contributed by atoms with Crippen molar-refractivity contribution in [1.82, 2.24) is 25.1 Å². The Balaban J connectivity index is 1.50. The number of H-pyrrole nitrogens is 1. The molecule has 1 aliphatic rings. The molecule has 0 saturated carbocycles. The molecule has 1 aromatic carbocycles. The van der Waals surface area contributed by atoms with E-state index in [1.165, 1.54) is 5.56 Å². The molecule has 3 rings (SSSR count). The van der Waals surface area contributed by atoms with Crippen LogP contribution in [-0.4, -0.2) is 63.9 Å². The van der Waals surface area contributed by atoms with Gasteiger partial charge >= 0.3 is 0 Å². The standard InChI is InChI=1S/C19H29N5O/c1-14-6-5-7-15-18(14)21-16(20-15)12-23-8-10-24(11-9-23)13-17(25)22-19(2,3)4/h5-7H,8-13H2,1-4H3,(H,20,21)(H,22,25). The van der Waals surface area contributed by atoms with Gasteiger partial charge < -0.3 is 10.3 Å². The van der Waals surface area contributed by atoms with E-state index in [2.05, 4.69) is 45.2 Å². The summed E-state index contributed by atoms with van der Waals surface area (Å²) in [7, 11) is 0. The van der Waals surface area contributed by atoms with E-state index in [4.69, 9.17) is 4.98 Å². The van der Waals surface area contributed by atoms with Crippen molar-refractivity contribution in [3.05, 3.63) is 29.6 Å². The summed E-state index contributed by atoms with van der Waals surface area (Å²) >= 11 is 0. The van der Waals surface area contributed by atoms with Crippen LogP contribution >= 0.6 is 0 Å². The van der Waals surface area contributed by atoms with E-state index in [1.54, 1.807) is 0 Å². The molecule has 2 N–H and O–H groups in total. The van der Waals surface area contributed by atoms with Gasteiger partial charge in [0, 0.05) is 31.7 Å². The molecule has 136 valence electrons. The smallest absolute Gasteiger partial charge is 0.234 e. The van der Waals surface area contributed by atoms with Crippen molar-refractivity contribution in [3.63, 3.8) is 0 Å². The molecule has 0 spiro atoms. The summed E-state index contributed by atoms with van der Waals surface area (Å²) in [6.45, 7) is 13.2. The first kappa shape index (κ1) is 17.9. The molecular weight excluding hydrogens is 314 g/mol. The topological polar surface area (TPSA) is 64.3 Å². The number of aromatic nitrogens is 2. The van der Waals surface area contributed by atoms with Gasteiger partial charge in [0.2, 0.25) is 5.91 Å². The third-order valence-electron chi connectivity index (χ3n) is 4.48. The van der Waals surface area contributed by atoms with E-state index in [9.17, 15) is 4.79 Å². The number of para-hydroxylation sites is 1. The summed E-state index contributed by atoms with van der Waals surface area (Å²) in [4.78, 5) is 24.8. The van der Waals surface area contributed by atoms with Gasteiger partial charge in [0.05, 0.1) is 24.1 Å². The molecule has 0 bridgehead atoms. The number of piperazine rings is 1. The Labute approximate surface area is 149 Å². The number of carbonyl (C=O) groups excluding carboxylic acids is 1. The van der Waals surface area contributed by atoms with Gasteiger partial charge in [-0.15, -0.1) is 0 Å². The molecule has 2 aromatic rings. The Morgan fingerprint density at radius 3 is 2.52 bits per heavy atom. The minimum atomic E-state index is -0.168. The maximum atomic E-state index is 12.0. The number of fused-ring (bicyclic) bond motifs is 1. The highest BCUT2D eigenvalue weighted by molar-refractivity contribution is 5.79. The van der Waals surface area contributed by atoms with E-state index in [0.717, 1.165) is 49.6 Å². The quantitative estimate of drug-likeness (QED) is 0.890. The van der Waals surface area contributed by atoms with E-state index in [1.807, 2.05) is 20.8 Å². The zero-order valence-electron chi connectivity index (χ0n) is 15.7. The number of imidazole rings is 1. The second kappa shape index (κ2) is 7.14. The van der Waals surface area contributed by atoms with Gasteiger partial charge in [-0.2, -0.15) is 0 Å². The molecule has 6 heteroatoms. The molecule has 1 amide bonds. The SMILES string of the molecule is Cc1cccc2[nH]c(CN3CCN(CC(=O)NC(C)(C)C)CC3)nc12. The average Bonchev–Trinajstić information content (AvgIpc) is 2.91. The maximum Gasteiger partial charge on any atom is 0.234 e.